The zero-order valence-electron chi connectivity index (χ0n) is 9.45. The third-order valence-corrected chi connectivity index (χ3v) is 3.76. The van der Waals surface area contributed by atoms with Crippen molar-refractivity contribution in [1.82, 2.24) is 5.32 Å². The first-order valence-electron chi connectivity index (χ1n) is 5.68. The molecule has 1 atom stereocenters. The van der Waals surface area contributed by atoms with Gasteiger partial charge in [-0.1, -0.05) is 18.2 Å². The summed E-state index contributed by atoms with van der Waals surface area (Å²) in [5.74, 6) is -0.0653. The Bertz CT molecular complexity index is 457. The number of carbonyl (C=O) groups is 1. The van der Waals surface area contributed by atoms with Crippen LogP contribution in [0.2, 0.25) is 0 Å². The van der Waals surface area contributed by atoms with Crippen molar-refractivity contribution in [1.29, 1.82) is 0 Å². The minimum absolute atomic E-state index is 0.0653. The quantitative estimate of drug-likeness (QED) is 0.651. The fourth-order valence-corrected chi connectivity index (χ4v) is 2.36. The Hall–Kier alpha value is -1.29. The van der Waals surface area contributed by atoms with E-state index in [1.54, 1.807) is 18.2 Å². The van der Waals surface area contributed by atoms with Gasteiger partial charge < -0.3 is 11.1 Å². The van der Waals surface area contributed by atoms with Crippen molar-refractivity contribution in [3.8, 4) is 0 Å². The van der Waals surface area contributed by atoms with Gasteiger partial charge in [-0.25, -0.2) is 0 Å². The highest BCUT2D eigenvalue weighted by Crippen LogP contribution is 2.24. The zero-order valence-corrected chi connectivity index (χ0v) is 11.0. The van der Waals surface area contributed by atoms with Crippen molar-refractivity contribution in [3.63, 3.8) is 0 Å². The van der Waals surface area contributed by atoms with Gasteiger partial charge >= 0.3 is 0 Å². The van der Waals surface area contributed by atoms with Crippen molar-refractivity contribution in [2.45, 2.75) is 25.3 Å². The second-order valence-corrected chi connectivity index (χ2v) is 4.96. The molecule has 0 saturated heterocycles. The third kappa shape index (κ3) is 2.88. The zero-order chi connectivity index (χ0) is 12.3. The smallest absolute Gasteiger partial charge is 0.252 e. The van der Waals surface area contributed by atoms with Gasteiger partial charge in [0.15, 0.2) is 0 Å². The predicted octanol–water partition coefficient (Wildman–Crippen LogP) is 2.87. The SMILES string of the molecule is Nc1cccc(C(=O)NC2CC=CCC2)c1Br. The van der Waals surface area contributed by atoms with E-state index in [1.807, 2.05) is 0 Å². The second-order valence-electron chi connectivity index (χ2n) is 4.16. The van der Waals surface area contributed by atoms with Gasteiger partial charge in [0.25, 0.3) is 5.91 Å². The molecule has 0 bridgehead atoms. The van der Waals surface area contributed by atoms with Crippen LogP contribution in [0.5, 0.6) is 0 Å². The Morgan fingerprint density at radius 3 is 2.94 bits per heavy atom. The lowest BCUT2D eigenvalue weighted by Gasteiger charge is -2.19. The van der Waals surface area contributed by atoms with Crippen molar-refractivity contribution in [2.75, 3.05) is 5.73 Å². The maximum absolute atomic E-state index is 12.1. The highest BCUT2D eigenvalue weighted by atomic mass is 79.9. The van der Waals surface area contributed by atoms with Gasteiger partial charge in [0, 0.05) is 11.7 Å². The normalized spacial score (nSPS) is 19.0. The summed E-state index contributed by atoms with van der Waals surface area (Å²) in [6.07, 6.45) is 7.21. The average molecular weight is 295 g/mol. The maximum atomic E-state index is 12.1. The van der Waals surface area contributed by atoms with Crippen LogP contribution in [0.4, 0.5) is 5.69 Å². The standard InChI is InChI=1S/C13H15BrN2O/c14-12-10(7-4-8-11(12)15)13(17)16-9-5-2-1-3-6-9/h1-2,4,7-9H,3,5-6,15H2,(H,16,17). The van der Waals surface area contributed by atoms with Crippen molar-refractivity contribution >= 4 is 27.5 Å². The molecule has 17 heavy (non-hydrogen) atoms. The summed E-state index contributed by atoms with van der Waals surface area (Å²) < 4.78 is 0.670. The molecule has 0 radical (unpaired) electrons. The number of benzene rings is 1. The summed E-state index contributed by atoms with van der Waals surface area (Å²) in [7, 11) is 0. The lowest BCUT2D eigenvalue weighted by atomic mass is 10.0. The maximum Gasteiger partial charge on any atom is 0.252 e. The summed E-state index contributed by atoms with van der Waals surface area (Å²) in [6.45, 7) is 0. The number of hydrogen-bond acceptors (Lipinski definition) is 2. The van der Waals surface area contributed by atoms with E-state index < -0.39 is 0 Å². The van der Waals surface area contributed by atoms with Crippen LogP contribution >= 0.6 is 15.9 Å². The molecule has 1 aromatic rings. The largest absolute Gasteiger partial charge is 0.398 e. The molecule has 0 saturated carbocycles. The number of amides is 1. The van der Waals surface area contributed by atoms with Crippen molar-refractivity contribution in [2.24, 2.45) is 0 Å². The van der Waals surface area contributed by atoms with Gasteiger partial charge in [0.2, 0.25) is 0 Å². The molecule has 3 N–H and O–H groups in total. The van der Waals surface area contributed by atoms with Gasteiger partial charge in [0.1, 0.15) is 0 Å². The van der Waals surface area contributed by atoms with E-state index in [-0.39, 0.29) is 11.9 Å². The van der Waals surface area contributed by atoms with Gasteiger partial charge in [-0.3, -0.25) is 4.79 Å². The first-order chi connectivity index (χ1) is 8.18. The Morgan fingerprint density at radius 2 is 2.24 bits per heavy atom. The van der Waals surface area contributed by atoms with E-state index in [4.69, 9.17) is 5.73 Å². The number of nitrogen functional groups attached to an aromatic ring is 1. The molecular weight excluding hydrogens is 280 g/mol. The molecule has 1 aromatic carbocycles. The molecule has 2 rings (SSSR count). The van der Waals surface area contributed by atoms with Crippen molar-refractivity contribution < 1.29 is 4.79 Å². The van der Waals surface area contributed by atoms with Gasteiger partial charge in [-0.05, 0) is 47.3 Å². The number of rotatable bonds is 2. The van der Waals surface area contributed by atoms with Crippen LogP contribution < -0.4 is 11.1 Å². The Morgan fingerprint density at radius 1 is 1.41 bits per heavy atom. The molecule has 90 valence electrons. The van der Waals surface area contributed by atoms with E-state index in [9.17, 15) is 4.79 Å². The van der Waals surface area contributed by atoms with Gasteiger partial charge in [-0.15, -0.1) is 0 Å². The minimum atomic E-state index is -0.0653. The van der Waals surface area contributed by atoms with E-state index in [0.717, 1.165) is 19.3 Å². The van der Waals surface area contributed by atoms with E-state index in [1.165, 1.54) is 0 Å². The predicted molar refractivity (Wildman–Crippen MR) is 72.8 cm³/mol. The number of nitrogens with one attached hydrogen (secondary N) is 1. The first-order valence-corrected chi connectivity index (χ1v) is 6.47. The van der Waals surface area contributed by atoms with Gasteiger partial charge in [-0.2, -0.15) is 0 Å². The highest BCUT2D eigenvalue weighted by Gasteiger charge is 2.16. The van der Waals surface area contributed by atoms with Crippen LogP contribution in [0.1, 0.15) is 29.6 Å². The summed E-state index contributed by atoms with van der Waals surface area (Å²) in [5.41, 5.74) is 6.93. The number of hydrogen-bond donors (Lipinski definition) is 2. The van der Waals surface area contributed by atoms with Crippen LogP contribution in [0, 0.1) is 0 Å². The summed E-state index contributed by atoms with van der Waals surface area (Å²) >= 11 is 3.35. The molecule has 0 fully saturated rings. The Kier molecular flexibility index (Phi) is 3.84. The van der Waals surface area contributed by atoms with E-state index >= 15 is 0 Å². The van der Waals surface area contributed by atoms with Crippen LogP contribution in [0.15, 0.2) is 34.8 Å². The molecule has 0 aliphatic heterocycles. The summed E-state index contributed by atoms with van der Waals surface area (Å²) in [4.78, 5) is 12.1. The van der Waals surface area contributed by atoms with E-state index in [0.29, 0.717) is 15.7 Å². The molecule has 1 aliphatic rings. The summed E-state index contributed by atoms with van der Waals surface area (Å²) in [5, 5.41) is 3.03. The molecule has 1 aliphatic carbocycles. The highest BCUT2D eigenvalue weighted by molar-refractivity contribution is 9.10. The monoisotopic (exact) mass is 294 g/mol. The number of nitrogens with two attached hydrogens (primary N) is 1. The number of allylic oxidation sites excluding steroid dienone is 1. The fraction of sp³-hybridized carbons (Fsp3) is 0.308. The number of halogens is 1. The third-order valence-electron chi connectivity index (χ3n) is 2.88. The lowest BCUT2D eigenvalue weighted by molar-refractivity contribution is 0.0934. The average Bonchev–Trinajstić information content (AvgIpc) is 2.34. The second kappa shape index (κ2) is 5.36. The Balaban J connectivity index is 2.09. The van der Waals surface area contributed by atoms with Crippen LogP contribution in [-0.2, 0) is 0 Å². The van der Waals surface area contributed by atoms with E-state index in [2.05, 4.69) is 33.4 Å². The van der Waals surface area contributed by atoms with Crippen LogP contribution in [0.25, 0.3) is 0 Å². The van der Waals surface area contributed by atoms with Crippen molar-refractivity contribution in [3.05, 3.63) is 40.4 Å². The van der Waals surface area contributed by atoms with Gasteiger partial charge in [0.05, 0.1) is 10.0 Å². The van der Waals surface area contributed by atoms with Crippen LogP contribution in [-0.4, -0.2) is 11.9 Å². The molecular formula is C13H15BrN2O. The molecule has 1 amide bonds. The van der Waals surface area contributed by atoms with Crippen LogP contribution in [0.3, 0.4) is 0 Å². The lowest BCUT2D eigenvalue weighted by Crippen LogP contribution is -2.35. The fourth-order valence-electron chi connectivity index (χ4n) is 1.91. The first kappa shape index (κ1) is 12.2. The number of anilines is 1. The molecule has 1 unspecified atom stereocenters. The summed E-state index contributed by atoms with van der Waals surface area (Å²) in [6, 6.07) is 5.56. The number of carbonyl (C=O) groups excluding carboxylic acids is 1. The topological polar surface area (TPSA) is 55.1 Å². The molecule has 4 heteroatoms. The molecule has 0 spiro atoms. The molecule has 3 nitrogen and oxygen atoms in total. The Labute approximate surface area is 109 Å². The molecule has 0 aromatic heterocycles. The molecule has 0 heterocycles. The minimum Gasteiger partial charge on any atom is -0.398 e.